The Morgan fingerprint density at radius 3 is 2.66 bits per heavy atom. The first-order valence-electron chi connectivity index (χ1n) is 9.32. The number of nitrogens with zero attached hydrogens (tertiary/aromatic N) is 2. The van der Waals surface area contributed by atoms with Crippen LogP contribution in [0.5, 0.6) is 5.75 Å². The summed E-state index contributed by atoms with van der Waals surface area (Å²) in [6, 6.07) is 5.39. The molecule has 9 heteroatoms. The summed E-state index contributed by atoms with van der Waals surface area (Å²) in [5.74, 6) is 0.785. The number of benzene rings is 1. The number of carbonyl (C=O) groups is 1. The fourth-order valence-corrected chi connectivity index (χ4v) is 3.41. The summed E-state index contributed by atoms with van der Waals surface area (Å²) in [5, 5.41) is 7.68. The number of aliphatic imine (C=N–C) groups is 1. The monoisotopic (exact) mass is 532 g/mol. The van der Waals surface area contributed by atoms with Crippen LogP contribution in [-0.2, 0) is 24.1 Å². The van der Waals surface area contributed by atoms with Gasteiger partial charge >= 0.3 is 5.97 Å². The standard InChI is InChI=1S/C20H28N4O3S.HI/c1-5-15-13-23-18(28-15)9-10-22-20(21-6-2)24-12-14-7-8-17(26-3)16(11-14)19(25)27-4;/h7-8,11,13H,5-6,9-10,12H2,1-4H3,(H2,21,22,24);1H. The Labute approximate surface area is 193 Å². The Kier molecular flexibility index (Phi) is 11.6. The lowest BCUT2D eigenvalue weighted by atomic mass is 10.1. The van der Waals surface area contributed by atoms with Crippen LogP contribution in [0.2, 0.25) is 0 Å². The van der Waals surface area contributed by atoms with E-state index >= 15 is 0 Å². The molecule has 0 aliphatic rings. The van der Waals surface area contributed by atoms with Gasteiger partial charge in [0.05, 0.1) is 25.8 Å². The van der Waals surface area contributed by atoms with Gasteiger partial charge in [-0.3, -0.25) is 0 Å². The van der Waals surface area contributed by atoms with Gasteiger partial charge in [-0.05, 0) is 31.0 Å². The minimum atomic E-state index is -0.428. The molecule has 0 aliphatic carbocycles. The molecular weight excluding hydrogens is 503 g/mol. The summed E-state index contributed by atoms with van der Waals surface area (Å²) in [7, 11) is 2.88. The van der Waals surface area contributed by atoms with Crippen LogP contribution in [0.1, 0.15) is 39.7 Å². The van der Waals surface area contributed by atoms with E-state index in [2.05, 4.69) is 27.5 Å². The van der Waals surface area contributed by atoms with Crippen LogP contribution in [0.4, 0.5) is 0 Å². The summed E-state index contributed by atoms with van der Waals surface area (Å²) in [5.41, 5.74) is 1.29. The molecule has 0 unspecified atom stereocenters. The summed E-state index contributed by atoms with van der Waals surface area (Å²) in [6.07, 6.45) is 3.82. The number of halogens is 1. The van der Waals surface area contributed by atoms with Gasteiger partial charge in [-0.25, -0.2) is 14.8 Å². The molecule has 0 saturated carbocycles. The maximum Gasteiger partial charge on any atom is 0.341 e. The van der Waals surface area contributed by atoms with Crippen molar-refractivity contribution >= 4 is 47.2 Å². The predicted octanol–water partition coefficient (Wildman–Crippen LogP) is 3.42. The molecule has 0 atom stereocenters. The molecule has 1 heterocycles. The largest absolute Gasteiger partial charge is 0.496 e. The number of methoxy groups -OCH3 is 2. The highest BCUT2D eigenvalue weighted by Crippen LogP contribution is 2.21. The Balaban J connectivity index is 0.00000420. The lowest BCUT2D eigenvalue weighted by Gasteiger charge is -2.11. The van der Waals surface area contributed by atoms with Gasteiger partial charge in [0, 0.05) is 30.6 Å². The first-order chi connectivity index (χ1) is 13.6. The number of hydrogen-bond acceptors (Lipinski definition) is 6. The molecule has 0 spiro atoms. The molecule has 2 aromatic rings. The van der Waals surface area contributed by atoms with Gasteiger partial charge in [-0.15, -0.1) is 35.3 Å². The number of guanidine groups is 1. The van der Waals surface area contributed by atoms with Crippen LogP contribution in [-0.4, -0.2) is 44.2 Å². The number of nitrogens with one attached hydrogen (secondary N) is 2. The van der Waals surface area contributed by atoms with E-state index < -0.39 is 5.97 Å². The lowest BCUT2D eigenvalue weighted by molar-refractivity contribution is 0.0597. The topological polar surface area (TPSA) is 84.8 Å². The highest BCUT2D eigenvalue weighted by atomic mass is 127. The van der Waals surface area contributed by atoms with E-state index in [0.717, 1.165) is 42.5 Å². The zero-order valence-corrected chi connectivity index (χ0v) is 20.4. The average Bonchev–Trinajstić information content (AvgIpc) is 3.19. The zero-order chi connectivity index (χ0) is 20.4. The second-order valence-electron chi connectivity index (χ2n) is 5.97. The van der Waals surface area contributed by atoms with Crippen molar-refractivity contribution in [2.24, 2.45) is 4.99 Å². The number of aromatic nitrogens is 1. The smallest absolute Gasteiger partial charge is 0.341 e. The first-order valence-corrected chi connectivity index (χ1v) is 10.1. The van der Waals surface area contributed by atoms with Crippen molar-refractivity contribution < 1.29 is 14.3 Å². The number of rotatable bonds is 9. The van der Waals surface area contributed by atoms with Crippen molar-refractivity contribution in [1.82, 2.24) is 15.6 Å². The molecular formula is C20H29IN4O3S. The van der Waals surface area contributed by atoms with Crippen molar-refractivity contribution in [2.75, 3.05) is 27.3 Å². The average molecular weight is 532 g/mol. The highest BCUT2D eigenvalue weighted by Gasteiger charge is 2.13. The minimum Gasteiger partial charge on any atom is -0.496 e. The number of aryl methyl sites for hydroxylation is 1. The van der Waals surface area contributed by atoms with Gasteiger partial charge in [0.1, 0.15) is 11.3 Å². The molecule has 1 aromatic heterocycles. The fraction of sp³-hybridized carbons (Fsp3) is 0.450. The van der Waals surface area contributed by atoms with E-state index in [1.807, 2.05) is 19.2 Å². The fourth-order valence-electron chi connectivity index (χ4n) is 2.55. The third-order valence-corrected chi connectivity index (χ3v) is 5.22. The summed E-state index contributed by atoms with van der Waals surface area (Å²) in [4.78, 5) is 22.3. The van der Waals surface area contributed by atoms with Crippen molar-refractivity contribution in [3.8, 4) is 5.75 Å². The Bertz CT molecular complexity index is 811. The summed E-state index contributed by atoms with van der Waals surface area (Å²) >= 11 is 1.75. The van der Waals surface area contributed by atoms with Gasteiger partial charge in [0.2, 0.25) is 0 Å². The van der Waals surface area contributed by atoms with E-state index in [4.69, 9.17) is 9.47 Å². The summed E-state index contributed by atoms with van der Waals surface area (Å²) < 4.78 is 10.0. The molecule has 160 valence electrons. The van der Waals surface area contributed by atoms with Crippen molar-refractivity contribution in [3.63, 3.8) is 0 Å². The van der Waals surface area contributed by atoms with Gasteiger partial charge < -0.3 is 20.1 Å². The Morgan fingerprint density at radius 1 is 1.24 bits per heavy atom. The minimum absolute atomic E-state index is 0. The molecule has 0 saturated heterocycles. The van der Waals surface area contributed by atoms with Gasteiger partial charge in [0.15, 0.2) is 5.96 Å². The lowest BCUT2D eigenvalue weighted by Crippen LogP contribution is -2.38. The van der Waals surface area contributed by atoms with Crippen LogP contribution in [0, 0.1) is 0 Å². The normalized spacial score (nSPS) is 10.8. The van der Waals surface area contributed by atoms with Crippen LogP contribution >= 0.6 is 35.3 Å². The van der Waals surface area contributed by atoms with E-state index in [1.54, 1.807) is 23.5 Å². The number of ether oxygens (including phenoxy) is 2. The van der Waals surface area contributed by atoms with Crippen LogP contribution in [0.15, 0.2) is 29.4 Å². The molecule has 7 nitrogen and oxygen atoms in total. The van der Waals surface area contributed by atoms with E-state index in [1.165, 1.54) is 19.1 Å². The molecule has 2 N–H and O–H groups in total. The molecule has 29 heavy (non-hydrogen) atoms. The van der Waals surface area contributed by atoms with Crippen molar-refractivity contribution in [1.29, 1.82) is 0 Å². The zero-order valence-electron chi connectivity index (χ0n) is 17.3. The molecule has 0 amide bonds. The highest BCUT2D eigenvalue weighted by molar-refractivity contribution is 14.0. The first kappa shape index (κ1) is 25.2. The maximum atomic E-state index is 11.9. The Hall–Kier alpha value is -1.88. The second-order valence-corrected chi connectivity index (χ2v) is 7.17. The molecule has 0 fully saturated rings. The van der Waals surface area contributed by atoms with Crippen LogP contribution in [0.25, 0.3) is 0 Å². The van der Waals surface area contributed by atoms with E-state index in [9.17, 15) is 4.79 Å². The SMILES string of the molecule is CCNC(=NCc1ccc(OC)c(C(=O)OC)c1)NCCc1ncc(CC)s1.I. The Morgan fingerprint density at radius 2 is 2.03 bits per heavy atom. The third-order valence-electron chi connectivity index (χ3n) is 4.01. The molecule has 0 bridgehead atoms. The van der Waals surface area contributed by atoms with Gasteiger partial charge in [0.25, 0.3) is 0 Å². The molecule has 0 radical (unpaired) electrons. The number of thiazole rings is 1. The summed E-state index contributed by atoms with van der Waals surface area (Å²) in [6.45, 7) is 6.10. The molecule has 1 aromatic carbocycles. The number of esters is 1. The quantitative estimate of drug-likeness (QED) is 0.223. The maximum absolute atomic E-state index is 11.9. The second kappa shape index (κ2) is 13.4. The van der Waals surface area contributed by atoms with Crippen LogP contribution in [0.3, 0.4) is 0 Å². The number of hydrogen-bond donors (Lipinski definition) is 2. The number of carbonyl (C=O) groups excluding carboxylic acids is 1. The van der Waals surface area contributed by atoms with E-state index in [-0.39, 0.29) is 24.0 Å². The van der Waals surface area contributed by atoms with Gasteiger partial charge in [-0.2, -0.15) is 0 Å². The third kappa shape index (κ3) is 7.81. The predicted molar refractivity (Wildman–Crippen MR) is 128 cm³/mol. The van der Waals surface area contributed by atoms with Crippen molar-refractivity contribution in [3.05, 3.63) is 45.4 Å². The van der Waals surface area contributed by atoms with E-state index in [0.29, 0.717) is 17.9 Å². The van der Waals surface area contributed by atoms with Crippen molar-refractivity contribution in [2.45, 2.75) is 33.2 Å². The molecule has 2 rings (SSSR count). The van der Waals surface area contributed by atoms with Crippen LogP contribution < -0.4 is 15.4 Å². The van der Waals surface area contributed by atoms with Gasteiger partial charge in [-0.1, -0.05) is 13.0 Å². The molecule has 0 aliphatic heterocycles.